The first-order chi connectivity index (χ1) is 15.2. The summed E-state index contributed by atoms with van der Waals surface area (Å²) in [4.78, 5) is 8.17. The van der Waals surface area contributed by atoms with Crippen molar-refractivity contribution in [3.63, 3.8) is 0 Å². The molecule has 1 aromatic carbocycles. The topological polar surface area (TPSA) is 93.9 Å². The van der Waals surface area contributed by atoms with Crippen LogP contribution >= 0.6 is 0 Å². The van der Waals surface area contributed by atoms with Gasteiger partial charge < -0.3 is 15.7 Å². The second-order valence-electron chi connectivity index (χ2n) is 8.43. The fourth-order valence-corrected chi connectivity index (χ4v) is 3.45. The van der Waals surface area contributed by atoms with Gasteiger partial charge in [0.15, 0.2) is 0 Å². The van der Waals surface area contributed by atoms with E-state index < -0.39 is 35.0 Å². The number of hydrogen-bond donors (Lipinski definition) is 3. The molecular weight excluding hydrogens is 452 g/mol. The average Bonchev–Trinajstić information content (AvgIpc) is 2.72. The number of hydrogen-bond acceptors (Lipinski definition) is 6. The maximum Gasteiger partial charge on any atom is 0.416 e. The highest BCUT2D eigenvalue weighted by atomic mass is 19.4. The van der Waals surface area contributed by atoms with E-state index in [-0.39, 0.29) is 48.0 Å². The molecule has 1 aromatic heterocycles. The predicted octanol–water partition coefficient (Wildman–Crippen LogP) is 4.61. The fourth-order valence-electron chi connectivity index (χ4n) is 3.45. The smallest absolute Gasteiger partial charge is 0.392 e. The molecule has 0 radical (unpaired) electrons. The maximum atomic E-state index is 13.0. The molecule has 3 rings (SSSR count). The summed E-state index contributed by atoms with van der Waals surface area (Å²) in [5.74, 6) is 0.274. The molecule has 0 saturated heterocycles. The number of halogens is 6. The molecule has 0 bridgehead atoms. The Kier molecular flexibility index (Phi) is 6.48. The van der Waals surface area contributed by atoms with Gasteiger partial charge in [0.05, 0.1) is 23.4 Å². The summed E-state index contributed by atoms with van der Waals surface area (Å²) in [5, 5.41) is 25.0. The second kappa shape index (κ2) is 8.70. The largest absolute Gasteiger partial charge is 0.416 e. The molecule has 1 heterocycles. The van der Waals surface area contributed by atoms with Crippen LogP contribution in [0.5, 0.6) is 0 Å². The Bertz CT molecular complexity index is 1030. The molecule has 0 aliphatic heterocycles. The van der Waals surface area contributed by atoms with Gasteiger partial charge in [0.1, 0.15) is 17.5 Å². The summed E-state index contributed by atoms with van der Waals surface area (Å²) < 4.78 is 78.0. The van der Waals surface area contributed by atoms with Crippen LogP contribution in [-0.2, 0) is 18.8 Å². The lowest BCUT2D eigenvalue weighted by molar-refractivity contribution is -0.143. The number of aliphatic hydroxyl groups is 1. The molecule has 3 N–H and O–H groups in total. The van der Waals surface area contributed by atoms with Crippen LogP contribution in [0.25, 0.3) is 0 Å². The standard InChI is InChI=1S/C21H21F6N5O/c1-19(2)15(8-16(19)33)31-17-12(9-28)10-30-18(32-17)29-4-3-11-5-13(20(22,23)24)7-14(6-11)21(25,26)27/h5-7,10,15-16,33H,3-4,8H2,1-2H3,(H2,29,30,31,32)/t15-,16+/m1/s1. The molecule has 33 heavy (non-hydrogen) atoms. The summed E-state index contributed by atoms with van der Waals surface area (Å²) in [6.45, 7) is 3.67. The minimum Gasteiger partial charge on any atom is -0.392 e. The van der Waals surface area contributed by atoms with Crippen LogP contribution in [0.3, 0.4) is 0 Å². The molecule has 1 aliphatic rings. The summed E-state index contributed by atoms with van der Waals surface area (Å²) in [6, 6.07) is 3.23. The monoisotopic (exact) mass is 473 g/mol. The number of nitrogens with zero attached hydrogens (tertiary/aromatic N) is 3. The zero-order chi connectivity index (χ0) is 24.6. The van der Waals surface area contributed by atoms with Gasteiger partial charge in [-0.25, -0.2) is 4.98 Å². The molecule has 2 aromatic rings. The highest BCUT2D eigenvalue weighted by Gasteiger charge is 2.47. The highest BCUT2D eigenvalue weighted by Crippen LogP contribution is 2.42. The summed E-state index contributed by atoms with van der Waals surface area (Å²) in [6.07, 6.45) is -8.77. The van der Waals surface area contributed by atoms with E-state index in [1.165, 1.54) is 6.20 Å². The van der Waals surface area contributed by atoms with Gasteiger partial charge in [-0.1, -0.05) is 13.8 Å². The van der Waals surface area contributed by atoms with Gasteiger partial charge in [-0.05, 0) is 36.6 Å². The fraction of sp³-hybridized carbons (Fsp3) is 0.476. The molecule has 178 valence electrons. The van der Waals surface area contributed by atoms with E-state index in [1.54, 1.807) is 0 Å². The number of nitriles is 1. The van der Waals surface area contributed by atoms with Crippen LogP contribution in [-0.4, -0.2) is 33.8 Å². The van der Waals surface area contributed by atoms with Gasteiger partial charge in [0.2, 0.25) is 5.95 Å². The number of rotatable bonds is 6. The quantitative estimate of drug-likeness (QED) is 0.531. The van der Waals surface area contributed by atoms with Gasteiger partial charge in [-0.2, -0.15) is 36.6 Å². The Morgan fingerprint density at radius 3 is 2.21 bits per heavy atom. The molecule has 0 spiro atoms. The molecule has 1 fully saturated rings. The van der Waals surface area contributed by atoms with Crippen LogP contribution in [0.2, 0.25) is 0 Å². The molecule has 1 aliphatic carbocycles. The Balaban J connectivity index is 1.73. The Labute approximate surface area is 185 Å². The number of nitrogens with one attached hydrogen (secondary N) is 2. The zero-order valence-electron chi connectivity index (χ0n) is 17.6. The number of aromatic nitrogens is 2. The van der Waals surface area contributed by atoms with Crippen LogP contribution < -0.4 is 10.6 Å². The zero-order valence-corrected chi connectivity index (χ0v) is 17.6. The van der Waals surface area contributed by atoms with Crippen molar-refractivity contribution in [2.75, 3.05) is 17.2 Å². The SMILES string of the molecule is CC1(C)[C@@H](O)C[C@H]1Nc1nc(NCCc2cc(C(F)(F)F)cc(C(F)(F)F)c2)ncc1C#N. The summed E-state index contributed by atoms with van der Waals surface area (Å²) in [5.41, 5.74) is -3.19. The van der Waals surface area contributed by atoms with Gasteiger partial charge in [-0.15, -0.1) is 0 Å². The van der Waals surface area contributed by atoms with E-state index in [2.05, 4.69) is 20.6 Å². The molecule has 6 nitrogen and oxygen atoms in total. The van der Waals surface area contributed by atoms with Crippen LogP contribution in [0.15, 0.2) is 24.4 Å². The highest BCUT2D eigenvalue weighted by molar-refractivity contribution is 5.54. The van der Waals surface area contributed by atoms with E-state index in [9.17, 15) is 36.7 Å². The molecule has 2 atom stereocenters. The lowest BCUT2D eigenvalue weighted by atomic mass is 9.64. The van der Waals surface area contributed by atoms with E-state index >= 15 is 0 Å². The minimum atomic E-state index is -4.91. The van der Waals surface area contributed by atoms with Crippen LogP contribution in [0, 0.1) is 16.7 Å². The molecule has 0 amide bonds. The number of anilines is 2. The van der Waals surface area contributed by atoms with E-state index in [1.807, 2.05) is 19.9 Å². The molecule has 1 saturated carbocycles. The van der Waals surface area contributed by atoms with Gasteiger partial charge in [-0.3, -0.25) is 0 Å². The Hall–Kier alpha value is -3.07. The lowest BCUT2D eigenvalue weighted by Gasteiger charge is -2.49. The van der Waals surface area contributed by atoms with Crippen LogP contribution in [0.1, 0.15) is 42.5 Å². The van der Waals surface area contributed by atoms with Gasteiger partial charge in [0, 0.05) is 18.0 Å². The number of alkyl halides is 6. The predicted molar refractivity (Wildman–Crippen MR) is 107 cm³/mol. The third-order valence-electron chi connectivity index (χ3n) is 5.78. The van der Waals surface area contributed by atoms with Crippen molar-refractivity contribution >= 4 is 11.8 Å². The third-order valence-corrected chi connectivity index (χ3v) is 5.78. The van der Waals surface area contributed by atoms with Crippen molar-refractivity contribution < 1.29 is 31.4 Å². The van der Waals surface area contributed by atoms with Crippen molar-refractivity contribution in [3.8, 4) is 6.07 Å². The second-order valence-corrected chi connectivity index (χ2v) is 8.43. The van der Waals surface area contributed by atoms with E-state index in [4.69, 9.17) is 0 Å². The van der Waals surface area contributed by atoms with Crippen molar-refractivity contribution in [1.82, 2.24) is 9.97 Å². The Morgan fingerprint density at radius 1 is 1.12 bits per heavy atom. The van der Waals surface area contributed by atoms with E-state index in [0.717, 1.165) is 0 Å². The normalized spacial score (nSPS) is 20.0. The Morgan fingerprint density at radius 2 is 1.73 bits per heavy atom. The lowest BCUT2D eigenvalue weighted by Crippen LogP contribution is -2.57. The first-order valence-corrected chi connectivity index (χ1v) is 9.96. The third kappa shape index (κ3) is 5.47. The van der Waals surface area contributed by atoms with Gasteiger partial charge in [0.25, 0.3) is 0 Å². The number of benzene rings is 1. The van der Waals surface area contributed by atoms with Crippen LogP contribution in [0.4, 0.5) is 38.1 Å². The molecular formula is C21H21F6N5O. The first kappa shape index (κ1) is 24.6. The first-order valence-electron chi connectivity index (χ1n) is 9.96. The maximum absolute atomic E-state index is 13.0. The van der Waals surface area contributed by atoms with Gasteiger partial charge >= 0.3 is 12.4 Å². The molecule has 12 heteroatoms. The van der Waals surface area contributed by atoms with Crippen molar-refractivity contribution in [2.24, 2.45) is 5.41 Å². The summed E-state index contributed by atoms with van der Waals surface area (Å²) in [7, 11) is 0. The van der Waals surface area contributed by atoms with Crippen molar-refractivity contribution in [3.05, 3.63) is 46.6 Å². The van der Waals surface area contributed by atoms with E-state index in [0.29, 0.717) is 18.6 Å². The molecule has 0 unspecified atom stereocenters. The number of aliphatic hydroxyl groups excluding tert-OH is 1. The minimum absolute atomic E-state index is 0.0441. The summed E-state index contributed by atoms with van der Waals surface area (Å²) >= 11 is 0. The van der Waals surface area contributed by atoms with Crippen molar-refractivity contribution in [1.29, 1.82) is 5.26 Å². The van der Waals surface area contributed by atoms with Crippen molar-refractivity contribution in [2.45, 2.75) is 51.2 Å². The average molecular weight is 473 g/mol.